The molecule has 4 rings (SSSR count). The van der Waals surface area contributed by atoms with E-state index in [1.54, 1.807) is 0 Å². The van der Waals surface area contributed by atoms with Crippen LogP contribution < -0.4 is 28.9 Å². The molecule has 5 heteroatoms. The van der Waals surface area contributed by atoms with Crippen LogP contribution in [-0.2, 0) is 0 Å². The summed E-state index contributed by atoms with van der Waals surface area (Å²) >= 11 is 0. The number of nitrogens with two attached hydrogens (primary N) is 2. The second-order valence-corrected chi connectivity index (χ2v) is 6.18. The van der Waals surface area contributed by atoms with Crippen molar-refractivity contribution in [2.75, 3.05) is 11.5 Å². The van der Waals surface area contributed by atoms with Crippen LogP contribution in [0.5, 0.6) is 0 Å². The van der Waals surface area contributed by atoms with Crippen LogP contribution in [0.25, 0.3) is 33.2 Å². The predicted octanol–water partition coefficient (Wildman–Crippen LogP) is 0.654. The number of halogens is 1. The molecule has 0 aliphatic carbocycles. The lowest BCUT2D eigenvalue weighted by Crippen LogP contribution is -3.00. The van der Waals surface area contributed by atoms with E-state index in [0.29, 0.717) is 0 Å². The minimum Gasteiger partial charge on any atom is -1.00 e. The molecule has 0 amide bonds. The van der Waals surface area contributed by atoms with E-state index in [2.05, 4.69) is 17.1 Å². The molecule has 0 spiro atoms. The molecule has 4 nitrogen and oxygen atoms in total. The minimum absolute atomic E-state index is 0. The monoisotopic (exact) mass is 350 g/mol. The maximum Gasteiger partial charge on any atom is 0.237 e. The number of para-hydroxylation sites is 1. The summed E-state index contributed by atoms with van der Waals surface area (Å²) in [6.45, 7) is 4.05. The van der Waals surface area contributed by atoms with Crippen LogP contribution in [0.2, 0.25) is 0 Å². The molecule has 0 saturated carbocycles. The highest BCUT2D eigenvalue weighted by molar-refractivity contribution is 5.94. The molecule has 0 aliphatic heterocycles. The Balaban J connectivity index is 0.00000182. The van der Waals surface area contributed by atoms with Crippen LogP contribution in [-0.4, -0.2) is 4.98 Å². The highest BCUT2D eigenvalue weighted by Gasteiger charge is 2.16. The van der Waals surface area contributed by atoms with Crippen molar-refractivity contribution < 1.29 is 17.4 Å². The normalized spacial score (nSPS) is 10.8. The van der Waals surface area contributed by atoms with Gasteiger partial charge in [0.1, 0.15) is 11.0 Å². The number of hydrogen-bond acceptors (Lipinski definition) is 3. The van der Waals surface area contributed by atoms with Gasteiger partial charge in [0.15, 0.2) is 0 Å². The highest BCUT2D eigenvalue weighted by Crippen LogP contribution is 2.31. The molecular formula is C20H19ClN4. The third-order valence-corrected chi connectivity index (χ3v) is 4.59. The standard InChI is InChI=1S/C20H18N4.ClH/c1-11-9-18-19(10-16(11)22)23-17-8-4-6-14(20(17)24-18)13-5-3-7-15(21)12(13)2;/h3-10H,21-22H2,1-2H3;1H. The molecule has 25 heavy (non-hydrogen) atoms. The summed E-state index contributed by atoms with van der Waals surface area (Å²) in [5, 5.41) is 0. The Morgan fingerprint density at radius 3 is 2.36 bits per heavy atom. The van der Waals surface area contributed by atoms with E-state index in [0.717, 1.165) is 55.7 Å². The molecule has 4 aromatic rings. The summed E-state index contributed by atoms with van der Waals surface area (Å²) in [5.74, 6) is 0. The maximum atomic E-state index is 6.09. The molecule has 0 aliphatic rings. The van der Waals surface area contributed by atoms with E-state index in [1.807, 2.05) is 50.2 Å². The average Bonchev–Trinajstić information content (AvgIpc) is 2.56. The van der Waals surface area contributed by atoms with Crippen molar-refractivity contribution in [2.45, 2.75) is 13.8 Å². The molecule has 0 fully saturated rings. The zero-order chi connectivity index (χ0) is 16.8. The molecule has 0 atom stereocenters. The van der Waals surface area contributed by atoms with Gasteiger partial charge in [-0.3, -0.25) is 0 Å². The number of aromatic nitrogens is 2. The Morgan fingerprint density at radius 2 is 1.56 bits per heavy atom. The lowest BCUT2D eigenvalue weighted by atomic mass is 9.98. The first-order valence-electron chi connectivity index (χ1n) is 7.92. The molecular weight excluding hydrogens is 332 g/mol. The van der Waals surface area contributed by atoms with Gasteiger partial charge in [0, 0.05) is 17.4 Å². The van der Waals surface area contributed by atoms with Gasteiger partial charge >= 0.3 is 0 Å². The molecule has 0 saturated heterocycles. The third kappa shape index (κ3) is 2.75. The first kappa shape index (κ1) is 17.0. The number of aryl methyl sites for hydroxylation is 1. The van der Waals surface area contributed by atoms with Gasteiger partial charge in [-0.05, 0) is 54.8 Å². The molecule has 3 aromatic carbocycles. The molecule has 0 bridgehead atoms. The molecule has 0 unspecified atom stereocenters. The van der Waals surface area contributed by atoms with Crippen molar-refractivity contribution in [1.29, 1.82) is 0 Å². The Morgan fingerprint density at radius 1 is 0.840 bits per heavy atom. The van der Waals surface area contributed by atoms with Gasteiger partial charge in [-0.15, -0.1) is 0 Å². The lowest BCUT2D eigenvalue weighted by Gasteiger charge is -2.09. The summed E-state index contributed by atoms with van der Waals surface area (Å²) in [4.78, 5) is 8.31. The number of nitrogens with one attached hydrogen (secondary N) is 1. The van der Waals surface area contributed by atoms with Crippen molar-refractivity contribution in [3.63, 3.8) is 0 Å². The molecule has 0 radical (unpaired) electrons. The molecule has 126 valence electrons. The van der Waals surface area contributed by atoms with E-state index < -0.39 is 0 Å². The van der Waals surface area contributed by atoms with E-state index in [1.165, 1.54) is 0 Å². The second kappa shape index (κ2) is 6.22. The van der Waals surface area contributed by atoms with E-state index in [9.17, 15) is 0 Å². The number of anilines is 2. The van der Waals surface area contributed by atoms with Crippen LogP contribution in [0, 0.1) is 13.8 Å². The highest BCUT2D eigenvalue weighted by atomic mass is 35.5. The quantitative estimate of drug-likeness (QED) is 0.391. The van der Waals surface area contributed by atoms with E-state index in [-0.39, 0.29) is 12.4 Å². The Hall–Kier alpha value is -2.85. The zero-order valence-corrected chi connectivity index (χ0v) is 14.9. The first-order chi connectivity index (χ1) is 11.5. The number of aromatic amines is 1. The Labute approximate surface area is 152 Å². The summed E-state index contributed by atoms with van der Waals surface area (Å²) < 4.78 is 0. The summed E-state index contributed by atoms with van der Waals surface area (Å²) in [5.41, 5.74) is 21.7. The largest absolute Gasteiger partial charge is 1.00 e. The van der Waals surface area contributed by atoms with Gasteiger partial charge in [0.05, 0.1) is 5.56 Å². The lowest BCUT2D eigenvalue weighted by molar-refractivity contribution is -0.310. The fourth-order valence-electron chi connectivity index (χ4n) is 3.10. The summed E-state index contributed by atoms with van der Waals surface area (Å²) in [7, 11) is 0. The van der Waals surface area contributed by atoms with Crippen molar-refractivity contribution in [1.82, 2.24) is 4.98 Å². The van der Waals surface area contributed by atoms with Crippen LogP contribution in [0.15, 0.2) is 48.5 Å². The third-order valence-electron chi connectivity index (χ3n) is 4.59. The molecule has 5 N–H and O–H groups in total. The number of fused-ring (bicyclic) bond motifs is 2. The maximum absolute atomic E-state index is 6.09. The summed E-state index contributed by atoms with van der Waals surface area (Å²) in [6.07, 6.45) is 0. The average molecular weight is 351 g/mol. The van der Waals surface area contributed by atoms with Gasteiger partial charge in [-0.25, -0.2) is 9.97 Å². The molecule has 1 heterocycles. The smallest absolute Gasteiger partial charge is 0.237 e. The van der Waals surface area contributed by atoms with Gasteiger partial charge in [-0.1, -0.05) is 18.2 Å². The van der Waals surface area contributed by atoms with Crippen molar-refractivity contribution in [2.24, 2.45) is 0 Å². The number of hydrogen-bond donors (Lipinski definition) is 2. The second-order valence-electron chi connectivity index (χ2n) is 6.18. The predicted molar refractivity (Wildman–Crippen MR) is 99.5 cm³/mol. The fourth-order valence-corrected chi connectivity index (χ4v) is 3.10. The van der Waals surface area contributed by atoms with Crippen molar-refractivity contribution >= 4 is 33.4 Å². The Bertz CT molecular complexity index is 1110. The summed E-state index contributed by atoms with van der Waals surface area (Å²) in [6, 6.07) is 16.1. The first-order valence-corrected chi connectivity index (χ1v) is 7.92. The van der Waals surface area contributed by atoms with Crippen LogP contribution in [0.1, 0.15) is 11.1 Å². The van der Waals surface area contributed by atoms with Crippen molar-refractivity contribution in [3.05, 3.63) is 59.7 Å². The number of benzene rings is 3. The molecule has 1 aromatic heterocycles. The topological polar surface area (TPSA) is 79.1 Å². The number of nitrogen functional groups attached to an aromatic ring is 2. The van der Waals surface area contributed by atoms with Crippen molar-refractivity contribution in [3.8, 4) is 11.1 Å². The zero-order valence-electron chi connectivity index (χ0n) is 14.1. The number of rotatable bonds is 1. The number of H-pyrrole nitrogens is 1. The van der Waals surface area contributed by atoms with Gasteiger partial charge in [0.2, 0.25) is 11.0 Å². The van der Waals surface area contributed by atoms with E-state index in [4.69, 9.17) is 16.5 Å². The Kier molecular flexibility index (Phi) is 4.23. The number of nitrogens with zero attached hydrogens (tertiary/aromatic N) is 1. The van der Waals surface area contributed by atoms with Gasteiger partial charge < -0.3 is 23.9 Å². The fraction of sp³-hybridized carbons (Fsp3) is 0.100. The van der Waals surface area contributed by atoms with Gasteiger partial charge in [-0.2, -0.15) is 0 Å². The van der Waals surface area contributed by atoms with Gasteiger partial charge in [0.25, 0.3) is 0 Å². The van der Waals surface area contributed by atoms with Crippen LogP contribution in [0.4, 0.5) is 11.4 Å². The van der Waals surface area contributed by atoms with Crippen LogP contribution >= 0.6 is 0 Å². The minimum atomic E-state index is 0. The SMILES string of the molecule is Cc1cc2[nH+]c3c(-c4cccc(N)c4C)cccc3nc2cc1N.[Cl-]. The van der Waals surface area contributed by atoms with E-state index >= 15 is 0 Å². The van der Waals surface area contributed by atoms with Crippen LogP contribution in [0.3, 0.4) is 0 Å².